The maximum atomic E-state index is 5.63. The highest BCUT2D eigenvalue weighted by atomic mass is 16.5. The Morgan fingerprint density at radius 1 is 1.17 bits per heavy atom. The Morgan fingerprint density at radius 2 is 1.96 bits per heavy atom. The van der Waals surface area contributed by atoms with E-state index in [9.17, 15) is 0 Å². The monoisotopic (exact) mass is 324 g/mol. The lowest BCUT2D eigenvalue weighted by atomic mass is 10.2. The van der Waals surface area contributed by atoms with Crippen molar-refractivity contribution in [3.63, 3.8) is 0 Å². The van der Waals surface area contributed by atoms with Gasteiger partial charge in [-0.25, -0.2) is 4.68 Å². The number of ether oxygens (including phenoxy) is 1. The molecule has 0 aliphatic carbocycles. The summed E-state index contributed by atoms with van der Waals surface area (Å²) in [6, 6.07) is 9.75. The van der Waals surface area contributed by atoms with Crippen LogP contribution in [0.5, 0.6) is 5.75 Å². The predicted molar refractivity (Wildman–Crippen MR) is 92.0 cm³/mol. The molecule has 0 saturated heterocycles. The number of benzene rings is 1. The molecule has 3 aromatic rings. The van der Waals surface area contributed by atoms with Gasteiger partial charge in [0, 0.05) is 11.3 Å². The fourth-order valence-corrected chi connectivity index (χ4v) is 2.44. The van der Waals surface area contributed by atoms with Crippen molar-refractivity contribution >= 4 is 6.21 Å². The Morgan fingerprint density at radius 3 is 2.67 bits per heavy atom. The summed E-state index contributed by atoms with van der Waals surface area (Å²) in [5.74, 6) is 2.04. The Balaban J connectivity index is 2.00. The van der Waals surface area contributed by atoms with Gasteiger partial charge in [0.25, 0.3) is 5.95 Å². The van der Waals surface area contributed by atoms with Gasteiger partial charge in [-0.05, 0) is 45.9 Å². The van der Waals surface area contributed by atoms with Crippen molar-refractivity contribution in [1.29, 1.82) is 0 Å². The molecule has 124 valence electrons. The SMILES string of the molecule is CCOc1ccccc1/C=N/n1c(C)nnc1-n1nc(C)cc1C. The zero-order chi connectivity index (χ0) is 17.1. The molecule has 0 amide bonds. The maximum absolute atomic E-state index is 5.63. The van der Waals surface area contributed by atoms with Gasteiger partial charge in [0.15, 0.2) is 5.82 Å². The first-order valence-electron chi connectivity index (χ1n) is 7.82. The van der Waals surface area contributed by atoms with Crippen LogP contribution in [0.2, 0.25) is 0 Å². The second kappa shape index (κ2) is 6.66. The lowest BCUT2D eigenvalue weighted by Crippen LogP contribution is -2.08. The number of aryl methyl sites for hydroxylation is 3. The van der Waals surface area contributed by atoms with Crippen LogP contribution in [0.3, 0.4) is 0 Å². The third kappa shape index (κ3) is 3.05. The summed E-state index contributed by atoms with van der Waals surface area (Å²) in [6.07, 6.45) is 1.75. The number of para-hydroxylation sites is 1. The van der Waals surface area contributed by atoms with Crippen LogP contribution in [0, 0.1) is 20.8 Å². The molecule has 0 spiro atoms. The highest BCUT2D eigenvalue weighted by Crippen LogP contribution is 2.17. The van der Waals surface area contributed by atoms with E-state index < -0.39 is 0 Å². The minimum atomic E-state index is 0.559. The highest BCUT2D eigenvalue weighted by molar-refractivity contribution is 5.83. The van der Waals surface area contributed by atoms with Gasteiger partial charge in [0.1, 0.15) is 5.75 Å². The van der Waals surface area contributed by atoms with Gasteiger partial charge >= 0.3 is 0 Å². The second-order valence-electron chi connectivity index (χ2n) is 5.41. The molecular formula is C17H20N6O. The zero-order valence-corrected chi connectivity index (χ0v) is 14.3. The fraction of sp³-hybridized carbons (Fsp3) is 0.294. The number of hydrogen-bond acceptors (Lipinski definition) is 5. The first-order valence-corrected chi connectivity index (χ1v) is 7.82. The molecule has 7 nitrogen and oxygen atoms in total. The summed E-state index contributed by atoms with van der Waals surface area (Å²) in [6.45, 7) is 8.33. The van der Waals surface area contributed by atoms with Gasteiger partial charge in [-0.15, -0.1) is 10.2 Å². The second-order valence-corrected chi connectivity index (χ2v) is 5.41. The van der Waals surface area contributed by atoms with Crippen molar-refractivity contribution in [3.05, 3.63) is 53.1 Å². The molecule has 0 bridgehead atoms. The molecule has 0 fully saturated rings. The average Bonchev–Trinajstić information content (AvgIpc) is 3.08. The maximum Gasteiger partial charge on any atom is 0.273 e. The Kier molecular flexibility index (Phi) is 4.41. The van der Waals surface area contributed by atoms with Crippen LogP contribution >= 0.6 is 0 Å². The zero-order valence-electron chi connectivity index (χ0n) is 14.3. The molecule has 0 atom stereocenters. The van der Waals surface area contributed by atoms with Crippen LogP contribution in [0.1, 0.15) is 29.7 Å². The van der Waals surface area contributed by atoms with E-state index in [0.29, 0.717) is 18.4 Å². The molecule has 2 aromatic heterocycles. The summed E-state index contributed by atoms with van der Waals surface area (Å²) in [5.41, 5.74) is 2.79. The van der Waals surface area contributed by atoms with Crippen molar-refractivity contribution in [2.24, 2.45) is 5.10 Å². The van der Waals surface area contributed by atoms with Crippen LogP contribution in [-0.4, -0.2) is 37.5 Å². The lowest BCUT2D eigenvalue weighted by Gasteiger charge is -2.07. The van der Waals surface area contributed by atoms with E-state index in [-0.39, 0.29) is 0 Å². The largest absolute Gasteiger partial charge is 0.493 e. The minimum absolute atomic E-state index is 0.559. The first-order chi connectivity index (χ1) is 11.6. The van der Waals surface area contributed by atoms with E-state index in [4.69, 9.17) is 4.74 Å². The van der Waals surface area contributed by atoms with Gasteiger partial charge in [-0.1, -0.05) is 12.1 Å². The lowest BCUT2D eigenvalue weighted by molar-refractivity contribution is 0.340. The van der Waals surface area contributed by atoms with E-state index >= 15 is 0 Å². The number of rotatable bonds is 5. The van der Waals surface area contributed by atoms with Crippen LogP contribution in [0.15, 0.2) is 35.4 Å². The van der Waals surface area contributed by atoms with Gasteiger partial charge in [-0.2, -0.15) is 14.9 Å². The predicted octanol–water partition coefficient (Wildman–Crippen LogP) is 2.67. The standard InChI is InChI=1S/C17H20N6O/c1-5-24-16-9-7-6-8-15(16)11-18-23-14(4)19-20-17(23)22-13(3)10-12(2)21-22/h6-11H,5H2,1-4H3/b18-11+. The summed E-state index contributed by atoms with van der Waals surface area (Å²) in [4.78, 5) is 0. The normalized spacial score (nSPS) is 11.3. The molecule has 3 rings (SSSR count). The number of aromatic nitrogens is 5. The molecule has 0 unspecified atom stereocenters. The fourth-order valence-electron chi connectivity index (χ4n) is 2.44. The summed E-state index contributed by atoms with van der Waals surface area (Å²) in [7, 11) is 0. The molecule has 0 aliphatic heterocycles. The molecule has 1 aromatic carbocycles. The van der Waals surface area contributed by atoms with Crippen molar-refractivity contribution in [1.82, 2.24) is 24.7 Å². The number of hydrogen-bond donors (Lipinski definition) is 0. The van der Waals surface area contributed by atoms with Crippen LogP contribution in [0.25, 0.3) is 5.95 Å². The van der Waals surface area contributed by atoms with Gasteiger partial charge in [0.05, 0.1) is 18.5 Å². The van der Waals surface area contributed by atoms with Crippen LogP contribution in [0.4, 0.5) is 0 Å². The molecule has 7 heteroatoms. The van der Waals surface area contributed by atoms with Crippen molar-refractivity contribution in [3.8, 4) is 11.7 Å². The molecule has 0 aliphatic rings. The van der Waals surface area contributed by atoms with Crippen LogP contribution in [-0.2, 0) is 0 Å². The van der Waals surface area contributed by atoms with Gasteiger partial charge < -0.3 is 4.74 Å². The molecule has 0 N–H and O–H groups in total. The van der Waals surface area contributed by atoms with E-state index in [1.807, 2.05) is 58.0 Å². The summed E-state index contributed by atoms with van der Waals surface area (Å²) < 4.78 is 9.03. The first kappa shape index (κ1) is 15.9. The van der Waals surface area contributed by atoms with Crippen LogP contribution < -0.4 is 4.74 Å². The van der Waals surface area contributed by atoms with Gasteiger partial charge in [0.2, 0.25) is 0 Å². The number of nitrogens with zero attached hydrogens (tertiary/aromatic N) is 6. The Labute approximate surface area is 140 Å². The average molecular weight is 324 g/mol. The molecule has 24 heavy (non-hydrogen) atoms. The molecular weight excluding hydrogens is 304 g/mol. The molecule has 0 radical (unpaired) electrons. The third-order valence-corrected chi connectivity index (χ3v) is 3.51. The molecule has 2 heterocycles. The van der Waals surface area contributed by atoms with E-state index in [2.05, 4.69) is 20.4 Å². The van der Waals surface area contributed by atoms with Crippen molar-refractivity contribution in [2.75, 3.05) is 6.61 Å². The Bertz CT molecular complexity index is 877. The van der Waals surface area contributed by atoms with Crippen molar-refractivity contribution < 1.29 is 4.74 Å². The van der Waals surface area contributed by atoms with Crippen molar-refractivity contribution in [2.45, 2.75) is 27.7 Å². The topological polar surface area (TPSA) is 70.1 Å². The smallest absolute Gasteiger partial charge is 0.273 e. The van der Waals surface area contributed by atoms with Gasteiger partial charge in [-0.3, -0.25) is 0 Å². The highest BCUT2D eigenvalue weighted by Gasteiger charge is 2.13. The van der Waals surface area contributed by atoms with E-state index in [0.717, 1.165) is 22.7 Å². The third-order valence-electron chi connectivity index (χ3n) is 3.51. The summed E-state index contributed by atoms with van der Waals surface area (Å²) >= 11 is 0. The minimum Gasteiger partial charge on any atom is -0.493 e. The quantitative estimate of drug-likeness (QED) is 0.677. The van der Waals surface area contributed by atoms with E-state index in [1.54, 1.807) is 15.6 Å². The summed E-state index contributed by atoms with van der Waals surface area (Å²) in [5, 5.41) is 17.3. The van der Waals surface area contributed by atoms with E-state index in [1.165, 1.54) is 0 Å². The molecule has 0 saturated carbocycles. The Hall–Kier alpha value is -2.96.